The molecule has 0 spiro atoms. The number of hydrogen-bond acceptors (Lipinski definition) is 5. The molecule has 8 nitrogen and oxygen atoms in total. The molecule has 3 N–H and O–H groups in total. The Balaban J connectivity index is 2.82. The molecule has 26 heavy (non-hydrogen) atoms. The largest absolute Gasteiger partial charge is 0.480 e. The van der Waals surface area contributed by atoms with Crippen LogP contribution in [0.5, 0.6) is 0 Å². The lowest BCUT2D eigenvalue weighted by Gasteiger charge is -2.23. The van der Waals surface area contributed by atoms with Crippen LogP contribution >= 0.6 is 0 Å². The topological polar surface area (TPSA) is 130 Å². The van der Waals surface area contributed by atoms with Crippen molar-refractivity contribution < 1.29 is 27.9 Å². The van der Waals surface area contributed by atoms with Crippen LogP contribution in [0.4, 0.5) is 0 Å². The van der Waals surface area contributed by atoms with Gasteiger partial charge < -0.3 is 15.7 Å². The van der Waals surface area contributed by atoms with Crippen LogP contribution in [0.1, 0.15) is 27.2 Å². The molecule has 0 radical (unpaired) electrons. The number of benzene rings is 1. The van der Waals surface area contributed by atoms with Gasteiger partial charge in [-0.15, -0.1) is 0 Å². The van der Waals surface area contributed by atoms with E-state index in [0.717, 1.165) is 0 Å². The van der Waals surface area contributed by atoms with Crippen molar-refractivity contribution in [3.8, 4) is 0 Å². The second-order valence-corrected chi connectivity index (χ2v) is 8.35. The van der Waals surface area contributed by atoms with Crippen molar-refractivity contribution in [3.63, 3.8) is 0 Å². The van der Waals surface area contributed by atoms with E-state index in [0.29, 0.717) is 0 Å². The van der Waals surface area contributed by atoms with Crippen molar-refractivity contribution in [2.75, 3.05) is 5.75 Å². The molecule has 2 atom stereocenters. The van der Waals surface area contributed by atoms with Gasteiger partial charge in [-0.25, -0.2) is 13.2 Å². The van der Waals surface area contributed by atoms with Crippen LogP contribution in [-0.2, 0) is 24.2 Å². The zero-order valence-electron chi connectivity index (χ0n) is 14.9. The number of hydrogen-bond donors (Lipinski definition) is 3. The van der Waals surface area contributed by atoms with Crippen LogP contribution in [0.2, 0.25) is 0 Å². The molecule has 0 unspecified atom stereocenters. The predicted octanol–water partition coefficient (Wildman–Crippen LogP) is 0.581. The molecule has 1 aromatic rings. The van der Waals surface area contributed by atoms with E-state index in [4.69, 9.17) is 0 Å². The number of nitrogens with one attached hydrogen (secondary N) is 2. The number of carbonyl (C=O) groups is 3. The van der Waals surface area contributed by atoms with E-state index in [1.54, 1.807) is 32.0 Å². The number of sulfone groups is 1. The van der Waals surface area contributed by atoms with E-state index in [9.17, 15) is 27.9 Å². The maximum atomic E-state index is 12.3. The first-order valence-electron chi connectivity index (χ1n) is 8.12. The van der Waals surface area contributed by atoms with E-state index in [1.165, 1.54) is 19.1 Å². The molecule has 1 aromatic carbocycles. The van der Waals surface area contributed by atoms with Crippen molar-refractivity contribution in [1.82, 2.24) is 10.6 Å². The summed E-state index contributed by atoms with van der Waals surface area (Å²) < 4.78 is 24.5. The zero-order chi connectivity index (χ0) is 19.9. The minimum atomic E-state index is -3.66. The number of carbonyl (C=O) groups excluding carboxylic acids is 2. The smallest absolute Gasteiger partial charge is 0.326 e. The molecule has 0 heterocycles. The minimum Gasteiger partial charge on any atom is -0.480 e. The summed E-state index contributed by atoms with van der Waals surface area (Å²) in [5.74, 6) is -3.12. The lowest BCUT2D eigenvalue weighted by Crippen LogP contribution is -2.53. The Labute approximate surface area is 152 Å². The number of carboxylic acid groups (broad SMARTS) is 1. The summed E-state index contributed by atoms with van der Waals surface area (Å²) in [5, 5.41) is 14.1. The highest BCUT2D eigenvalue weighted by Crippen LogP contribution is 2.12. The van der Waals surface area contributed by atoms with Gasteiger partial charge in [0.05, 0.1) is 10.6 Å². The highest BCUT2D eigenvalue weighted by atomic mass is 32.2. The van der Waals surface area contributed by atoms with Crippen LogP contribution in [0.3, 0.4) is 0 Å². The highest BCUT2D eigenvalue weighted by molar-refractivity contribution is 7.91. The van der Waals surface area contributed by atoms with E-state index in [2.05, 4.69) is 10.6 Å². The number of aliphatic carboxylic acids is 1. The van der Waals surface area contributed by atoms with Gasteiger partial charge in [0.25, 0.3) is 0 Å². The molecule has 9 heteroatoms. The third-order valence-electron chi connectivity index (χ3n) is 3.70. The van der Waals surface area contributed by atoms with Gasteiger partial charge in [0.15, 0.2) is 9.84 Å². The first-order chi connectivity index (χ1) is 12.0. The van der Waals surface area contributed by atoms with Crippen molar-refractivity contribution >= 4 is 27.6 Å². The maximum absolute atomic E-state index is 12.3. The van der Waals surface area contributed by atoms with Gasteiger partial charge in [-0.1, -0.05) is 32.0 Å². The summed E-state index contributed by atoms with van der Waals surface area (Å²) in [6.07, 6.45) is -0.289. The predicted molar refractivity (Wildman–Crippen MR) is 95.1 cm³/mol. The van der Waals surface area contributed by atoms with Gasteiger partial charge in [0.1, 0.15) is 12.1 Å². The van der Waals surface area contributed by atoms with Crippen LogP contribution < -0.4 is 10.6 Å². The molecule has 0 aliphatic heterocycles. The summed E-state index contributed by atoms with van der Waals surface area (Å²) in [6.45, 7) is 4.66. The molecule has 0 fully saturated rings. The molecular weight excluding hydrogens is 360 g/mol. The number of carboxylic acids is 1. The first kappa shape index (κ1) is 21.6. The summed E-state index contributed by atoms with van der Waals surface area (Å²) in [5.41, 5.74) is 0. The quantitative estimate of drug-likeness (QED) is 0.571. The third-order valence-corrected chi connectivity index (χ3v) is 5.46. The van der Waals surface area contributed by atoms with Crippen LogP contribution in [0.15, 0.2) is 35.2 Å². The van der Waals surface area contributed by atoms with Crippen LogP contribution in [0, 0.1) is 5.92 Å². The van der Waals surface area contributed by atoms with E-state index >= 15 is 0 Å². The fraction of sp³-hybridized carbons (Fsp3) is 0.471. The molecule has 0 bridgehead atoms. The maximum Gasteiger partial charge on any atom is 0.326 e. The fourth-order valence-electron chi connectivity index (χ4n) is 2.29. The molecule has 0 aromatic heterocycles. The Hall–Kier alpha value is -2.42. The Morgan fingerprint density at radius 2 is 1.65 bits per heavy atom. The summed E-state index contributed by atoms with van der Waals surface area (Å²) in [6, 6.07) is 5.39. The average molecular weight is 384 g/mol. The minimum absolute atomic E-state index is 0.0915. The average Bonchev–Trinajstić information content (AvgIpc) is 2.56. The Kier molecular flexibility index (Phi) is 7.76. The molecule has 144 valence electrons. The third kappa shape index (κ3) is 6.47. The van der Waals surface area contributed by atoms with E-state index < -0.39 is 45.5 Å². The summed E-state index contributed by atoms with van der Waals surface area (Å²) in [7, 11) is -3.66. The van der Waals surface area contributed by atoms with Gasteiger partial charge in [-0.2, -0.15) is 0 Å². The Bertz CT molecular complexity index is 746. The fourth-order valence-corrected chi connectivity index (χ4v) is 3.65. The van der Waals surface area contributed by atoms with Gasteiger partial charge in [0.2, 0.25) is 11.8 Å². The monoisotopic (exact) mass is 384 g/mol. The molecule has 0 saturated heterocycles. The van der Waals surface area contributed by atoms with E-state index in [1.807, 2.05) is 0 Å². The van der Waals surface area contributed by atoms with Crippen molar-refractivity contribution in [3.05, 3.63) is 30.3 Å². The number of rotatable bonds is 9. The van der Waals surface area contributed by atoms with Crippen LogP contribution in [0.25, 0.3) is 0 Å². The Morgan fingerprint density at radius 3 is 2.12 bits per heavy atom. The molecule has 0 aliphatic carbocycles. The van der Waals surface area contributed by atoms with Crippen molar-refractivity contribution in [1.29, 1.82) is 0 Å². The lowest BCUT2D eigenvalue weighted by molar-refractivity contribution is -0.142. The highest BCUT2D eigenvalue weighted by Gasteiger charge is 2.29. The standard InChI is InChI=1S/C17H24N2O6S/c1-11(2)15(18-12(3)20)16(21)19-14(17(22)23)9-10-26(24,25)13-7-5-4-6-8-13/h4-8,11,14-15H,9-10H2,1-3H3,(H,18,20)(H,19,21)(H,22,23)/t14-,15-/m1/s1. The lowest BCUT2D eigenvalue weighted by atomic mass is 10.0. The molecular formula is C17H24N2O6S. The van der Waals surface area contributed by atoms with Gasteiger partial charge in [-0.3, -0.25) is 9.59 Å². The van der Waals surface area contributed by atoms with Crippen LogP contribution in [-0.4, -0.2) is 49.1 Å². The zero-order valence-corrected chi connectivity index (χ0v) is 15.7. The normalized spacial score (nSPS) is 13.7. The SMILES string of the molecule is CC(=O)N[C@@H](C(=O)N[C@H](CCS(=O)(=O)c1ccccc1)C(=O)O)C(C)C. The second kappa shape index (κ2) is 9.33. The van der Waals surface area contributed by atoms with Gasteiger partial charge >= 0.3 is 5.97 Å². The van der Waals surface area contributed by atoms with Gasteiger partial charge in [0, 0.05) is 6.92 Å². The van der Waals surface area contributed by atoms with Crippen molar-refractivity contribution in [2.45, 2.75) is 44.2 Å². The molecule has 2 amide bonds. The summed E-state index contributed by atoms with van der Waals surface area (Å²) in [4.78, 5) is 35.0. The molecule has 1 rings (SSSR count). The van der Waals surface area contributed by atoms with Gasteiger partial charge in [-0.05, 0) is 24.5 Å². The molecule has 0 aliphatic rings. The van der Waals surface area contributed by atoms with Crippen molar-refractivity contribution in [2.24, 2.45) is 5.92 Å². The first-order valence-corrected chi connectivity index (χ1v) is 9.78. The van der Waals surface area contributed by atoms with E-state index in [-0.39, 0.29) is 17.2 Å². The number of amides is 2. The Morgan fingerprint density at radius 1 is 1.08 bits per heavy atom. The summed E-state index contributed by atoms with van der Waals surface area (Å²) >= 11 is 0. The molecule has 0 saturated carbocycles. The second-order valence-electron chi connectivity index (χ2n) is 6.24.